The average Bonchev–Trinajstić information content (AvgIpc) is 3.27. The zero-order valence-corrected chi connectivity index (χ0v) is 19.4. The van der Waals surface area contributed by atoms with Gasteiger partial charge in [-0.3, -0.25) is 4.79 Å². The summed E-state index contributed by atoms with van der Waals surface area (Å²) in [6.07, 6.45) is 5.98. The highest BCUT2D eigenvalue weighted by Crippen LogP contribution is 2.23. The molecule has 0 radical (unpaired) electrons. The van der Waals surface area contributed by atoms with E-state index in [4.69, 9.17) is 0 Å². The number of nitrogens with zero attached hydrogens (tertiary/aromatic N) is 4. The van der Waals surface area contributed by atoms with Gasteiger partial charge in [0.05, 0.1) is 23.2 Å². The summed E-state index contributed by atoms with van der Waals surface area (Å²) < 4.78 is 29.2. The van der Waals surface area contributed by atoms with Crippen LogP contribution in [0.25, 0.3) is 11.0 Å². The van der Waals surface area contributed by atoms with Gasteiger partial charge in [-0.15, -0.1) is 0 Å². The normalized spacial score (nSPS) is 14.8. The SMILES string of the molecule is O=C(Nc1cccc(S(=O)(=O)N2CCCCC2)c1)c1cnc2c(cnn2Cc2ccccc2)c1. The standard InChI is InChI=1S/C25H25N5O3S/c31-25(28-22-10-7-11-23(15-22)34(32,33)29-12-5-2-6-13-29)21-14-20-17-27-30(24(20)26-16-21)18-19-8-3-1-4-9-19/h1,3-4,7-11,14-17H,2,5-6,12-13,18H2,(H,28,31). The van der Waals surface area contributed by atoms with Crippen molar-refractivity contribution >= 4 is 32.7 Å². The summed E-state index contributed by atoms with van der Waals surface area (Å²) in [4.78, 5) is 17.5. The molecule has 8 nitrogen and oxygen atoms in total. The molecule has 2 aromatic heterocycles. The summed E-state index contributed by atoms with van der Waals surface area (Å²) in [6, 6.07) is 18.1. The first kappa shape index (κ1) is 22.2. The van der Waals surface area contributed by atoms with Gasteiger partial charge in [0.25, 0.3) is 5.91 Å². The summed E-state index contributed by atoms with van der Waals surface area (Å²) in [5, 5.41) is 7.96. The zero-order valence-electron chi connectivity index (χ0n) is 18.6. The van der Waals surface area contributed by atoms with E-state index in [1.54, 1.807) is 35.1 Å². The monoisotopic (exact) mass is 475 g/mol. The van der Waals surface area contributed by atoms with Crippen LogP contribution in [0.1, 0.15) is 35.2 Å². The predicted molar refractivity (Wildman–Crippen MR) is 130 cm³/mol. The fourth-order valence-electron chi connectivity index (χ4n) is 4.16. The van der Waals surface area contributed by atoms with E-state index in [1.165, 1.54) is 16.6 Å². The molecule has 0 spiro atoms. The molecule has 34 heavy (non-hydrogen) atoms. The minimum atomic E-state index is -3.58. The maximum absolute atomic E-state index is 13.0. The van der Waals surface area contributed by atoms with Gasteiger partial charge >= 0.3 is 0 Å². The Kier molecular flexibility index (Phi) is 6.12. The predicted octanol–water partition coefficient (Wildman–Crippen LogP) is 3.91. The molecule has 1 N–H and O–H groups in total. The van der Waals surface area contributed by atoms with Crippen molar-refractivity contribution in [1.82, 2.24) is 19.1 Å². The first-order valence-electron chi connectivity index (χ1n) is 11.3. The molecule has 0 bridgehead atoms. The molecule has 9 heteroatoms. The van der Waals surface area contributed by atoms with Gasteiger partial charge in [0, 0.05) is 30.4 Å². The molecule has 1 aliphatic rings. The lowest BCUT2D eigenvalue weighted by molar-refractivity contribution is 0.102. The third kappa shape index (κ3) is 4.57. The van der Waals surface area contributed by atoms with Crippen molar-refractivity contribution in [3.8, 4) is 0 Å². The molecule has 1 amide bonds. The van der Waals surface area contributed by atoms with Gasteiger partial charge in [-0.05, 0) is 42.7 Å². The zero-order chi connectivity index (χ0) is 23.5. The average molecular weight is 476 g/mol. The number of benzene rings is 2. The Bertz CT molecular complexity index is 1430. The third-order valence-corrected chi connectivity index (χ3v) is 7.85. The summed E-state index contributed by atoms with van der Waals surface area (Å²) in [5.74, 6) is -0.363. The van der Waals surface area contributed by atoms with Gasteiger partial charge in [0.2, 0.25) is 10.0 Å². The number of sulfonamides is 1. The number of nitrogens with one attached hydrogen (secondary N) is 1. The van der Waals surface area contributed by atoms with Crippen molar-refractivity contribution in [1.29, 1.82) is 0 Å². The van der Waals surface area contributed by atoms with Crippen molar-refractivity contribution < 1.29 is 13.2 Å². The van der Waals surface area contributed by atoms with E-state index in [1.807, 2.05) is 30.3 Å². The second-order valence-corrected chi connectivity index (χ2v) is 10.3. The van der Waals surface area contributed by atoms with E-state index in [-0.39, 0.29) is 10.8 Å². The molecule has 1 saturated heterocycles. The Balaban J connectivity index is 1.33. The molecule has 174 valence electrons. The van der Waals surface area contributed by atoms with E-state index in [0.717, 1.165) is 30.2 Å². The lowest BCUT2D eigenvalue weighted by Crippen LogP contribution is -2.35. The van der Waals surface area contributed by atoms with E-state index in [2.05, 4.69) is 15.4 Å². The van der Waals surface area contributed by atoms with Crippen molar-refractivity contribution in [3.05, 3.63) is 84.2 Å². The Labute approximate surface area is 198 Å². The van der Waals surface area contributed by atoms with E-state index in [9.17, 15) is 13.2 Å². The summed E-state index contributed by atoms with van der Waals surface area (Å²) in [5.41, 5.74) is 2.59. The Morgan fingerprint density at radius 1 is 0.941 bits per heavy atom. The number of amides is 1. The van der Waals surface area contributed by atoms with Gasteiger partial charge in [-0.1, -0.05) is 42.8 Å². The van der Waals surface area contributed by atoms with Crippen LogP contribution in [0.15, 0.2) is 78.0 Å². The number of fused-ring (bicyclic) bond motifs is 1. The van der Waals surface area contributed by atoms with Gasteiger partial charge in [0.15, 0.2) is 5.65 Å². The molecule has 5 rings (SSSR count). The summed E-state index contributed by atoms with van der Waals surface area (Å²) in [6.45, 7) is 1.65. The molecule has 1 fully saturated rings. The number of piperidine rings is 1. The quantitative estimate of drug-likeness (QED) is 0.456. The third-order valence-electron chi connectivity index (χ3n) is 5.96. The molecule has 0 aliphatic carbocycles. The number of carbonyl (C=O) groups is 1. The van der Waals surface area contributed by atoms with Gasteiger partial charge < -0.3 is 5.32 Å². The number of pyridine rings is 1. The van der Waals surface area contributed by atoms with Crippen molar-refractivity contribution in [2.75, 3.05) is 18.4 Å². The molecular formula is C25H25N5O3S. The van der Waals surface area contributed by atoms with E-state index < -0.39 is 10.0 Å². The van der Waals surface area contributed by atoms with E-state index >= 15 is 0 Å². The Hall–Kier alpha value is -3.56. The maximum Gasteiger partial charge on any atom is 0.257 e. The van der Waals surface area contributed by atoms with Crippen LogP contribution < -0.4 is 5.32 Å². The number of rotatable bonds is 6. The topological polar surface area (TPSA) is 97.2 Å². The van der Waals surface area contributed by atoms with Crippen LogP contribution in [0.2, 0.25) is 0 Å². The maximum atomic E-state index is 13.0. The van der Waals surface area contributed by atoms with Crippen LogP contribution in [0, 0.1) is 0 Å². The fourth-order valence-corrected chi connectivity index (χ4v) is 5.72. The summed E-state index contributed by atoms with van der Waals surface area (Å²) in [7, 11) is -3.58. The molecule has 0 saturated carbocycles. The van der Waals surface area contributed by atoms with Gasteiger partial charge in [0.1, 0.15) is 0 Å². The Morgan fingerprint density at radius 2 is 1.74 bits per heavy atom. The molecule has 0 atom stereocenters. The number of aromatic nitrogens is 3. The molecular weight excluding hydrogens is 450 g/mol. The molecule has 1 aliphatic heterocycles. The smallest absolute Gasteiger partial charge is 0.257 e. The minimum Gasteiger partial charge on any atom is -0.322 e. The lowest BCUT2D eigenvalue weighted by atomic mass is 10.2. The van der Waals surface area contributed by atoms with Gasteiger partial charge in [-0.2, -0.15) is 9.40 Å². The molecule has 4 aromatic rings. The largest absolute Gasteiger partial charge is 0.322 e. The van der Waals surface area contributed by atoms with Crippen LogP contribution in [0.3, 0.4) is 0 Å². The molecule has 2 aromatic carbocycles. The first-order chi connectivity index (χ1) is 16.5. The van der Waals surface area contributed by atoms with Crippen LogP contribution in [-0.4, -0.2) is 46.5 Å². The highest BCUT2D eigenvalue weighted by atomic mass is 32.2. The van der Waals surface area contributed by atoms with Crippen molar-refractivity contribution in [2.45, 2.75) is 30.7 Å². The second kappa shape index (κ2) is 9.36. The number of hydrogen-bond donors (Lipinski definition) is 1. The fraction of sp³-hybridized carbons (Fsp3) is 0.240. The van der Waals surface area contributed by atoms with Crippen molar-refractivity contribution in [3.63, 3.8) is 0 Å². The van der Waals surface area contributed by atoms with Crippen LogP contribution in [-0.2, 0) is 16.6 Å². The van der Waals surface area contributed by atoms with Crippen molar-refractivity contribution in [2.24, 2.45) is 0 Å². The first-order valence-corrected chi connectivity index (χ1v) is 12.7. The second-order valence-electron chi connectivity index (χ2n) is 8.37. The van der Waals surface area contributed by atoms with Crippen LogP contribution >= 0.6 is 0 Å². The summed E-state index contributed by atoms with van der Waals surface area (Å²) >= 11 is 0. The van der Waals surface area contributed by atoms with Crippen LogP contribution in [0.5, 0.6) is 0 Å². The number of carbonyl (C=O) groups excluding carboxylic acids is 1. The Morgan fingerprint density at radius 3 is 2.53 bits per heavy atom. The van der Waals surface area contributed by atoms with Gasteiger partial charge in [-0.25, -0.2) is 18.1 Å². The minimum absolute atomic E-state index is 0.183. The van der Waals surface area contributed by atoms with Crippen LogP contribution in [0.4, 0.5) is 5.69 Å². The number of anilines is 1. The van der Waals surface area contributed by atoms with E-state index in [0.29, 0.717) is 36.5 Å². The highest BCUT2D eigenvalue weighted by molar-refractivity contribution is 7.89. The molecule has 0 unspecified atom stereocenters. The molecule has 3 heterocycles. The highest BCUT2D eigenvalue weighted by Gasteiger charge is 2.26. The number of hydrogen-bond acceptors (Lipinski definition) is 5. The lowest BCUT2D eigenvalue weighted by Gasteiger charge is -2.26.